The van der Waals surface area contributed by atoms with E-state index in [0.717, 1.165) is 39.0 Å². The summed E-state index contributed by atoms with van der Waals surface area (Å²) in [6, 6.07) is 4.51. The highest BCUT2D eigenvalue weighted by molar-refractivity contribution is 7.10. The third kappa shape index (κ3) is 5.49. The lowest BCUT2D eigenvalue weighted by molar-refractivity contribution is -0.128. The van der Waals surface area contributed by atoms with Crippen molar-refractivity contribution in [3.63, 3.8) is 0 Å². The lowest BCUT2D eigenvalue weighted by atomic mass is 10.2. The van der Waals surface area contributed by atoms with Crippen LogP contribution in [0.25, 0.3) is 0 Å². The number of likely N-dealkylation sites (N-methyl/N-ethyl adjacent to an activating group) is 1. The van der Waals surface area contributed by atoms with Crippen molar-refractivity contribution >= 4 is 23.2 Å². The number of thiophene rings is 1. The first-order chi connectivity index (χ1) is 11.6. The van der Waals surface area contributed by atoms with E-state index in [1.807, 2.05) is 11.8 Å². The van der Waals surface area contributed by atoms with Crippen molar-refractivity contribution in [1.82, 2.24) is 20.4 Å². The topological polar surface area (TPSA) is 60.0 Å². The van der Waals surface area contributed by atoms with E-state index in [1.165, 1.54) is 4.88 Å². The van der Waals surface area contributed by atoms with Crippen molar-refractivity contribution in [3.8, 4) is 0 Å². The van der Waals surface area contributed by atoms with Crippen LogP contribution in [0, 0.1) is 0 Å². The van der Waals surface area contributed by atoms with Gasteiger partial charge in [-0.25, -0.2) is 4.99 Å². The van der Waals surface area contributed by atoms with Gasteiger partial charge in [0.15, 0.2) is 5.96 Å². The van der Waals surface area contributed by atoms with Gasteiger partial charge in [-0.3, -0.25) is 4.79 Å². The molecule has 1 aromatic rings. The van der Waals surface area contributed by atoms with Gasteiger partial charge < -0.3 is 20.4 Å². The molecule has 1 atom stereocenters. The van der Waals surface area contributed by atoms with Crippen LogP contribution in [-0.2, 0) is 4.79 Å². The Hall–Kier alpha value is -1.60. The molecule has 2 heterocycles. The number of hydrogen-bond donors (Lipinski definition) is 2. The number of rotatable bonds is 7. The summed E-state index contributed by atoms with van der Waals surface area (Å²) in [4.78, 5) is 22.0. The summed E-state index contributed by atoms with van der Waals surface area (Å²) in [5.41, 5.74) is 0. The molecule has 2 N–H and O–H groups in total. The molecule has 1 aliphatic heterocycles. The monoisotopic (exact) mass is 351 g/mol. The molecule has 134 valence electrons. The van der Waals surface area contributed by atoms with Crippen LogP contribution < -0.4 is 10.6 Å². The summed E-state index contributed by atoms with van der Waals surface area (Å²) in [6.45, 7) is 5.51. The molecule has 0 aromatic carbocycles. The first-order valence-corrected chi connectivity index (χ1v) is 9.49. The van der Waals surface area contributed by atoms with Crippen molar-refractivity contribution in [3.05, 3.63) is 22.4 Å². The Kier molecular flexibility index (Phi) is 7.52. The summed E-state index contributed by atoms with van der Waals surface area (Å²) >= 11 is 1.76. The summed E-state index contributed by atoms with van der Waals surface area (Å²) in [5.74, 6) is 0.820. The van der Waals surface area contributed by atoms with Crippen LogP contribution in [-0.4, -0.2) is 68.5 Å². The van der Waals surface area contributed by atoms with E-state index in [1.54, 1.807) is 11.3 Å². The number of nitrogens with one attached hydrogen (secondary N) is 2. The highest BCUT2D eigenvalue weighted by Crippen LogP contribution is 2.22. The molecule has 1 aromatic heterocycles. The summed E-state index contributed by atoms with van der Waals surface area (Å²) in [6.07, 6.45) is 2.22. The standard InChI is InChI=1S/C17H29N5OS/c1-4-18-17(20-13-16(23)22-9-5-6-10-22)19-12-14(21(2)3)15-8-7-11-24-15/h7-8,11,14H,4-6,9-10,12-13H2,1-3H3,(H2,18,19,20). The van der Waals surface area contributed by atoms with Crippen LogP contribution in [0.4, 0.5) is 0 Å². The molecule has 0 aliphatic carbocycles. The van der Waals surface area contributed by atoms with E-state index >= 15 is 0 Å². The van der Waals surface area contributed by atoms with E-state index in [2.05, 4.69) is 52.1 Å². The van der Waals surface area contributed by atoms with Gasteiger partial charge in [0, 0.05) is 31.1 Å². The van der Waals surface area contributed by atoms with E-state index in [0.29, 0.717) is 5.96 Å². The average molecular weight is 352 g/mol. The molecule has 6 nitrogen and oxygen atoms in total. The van der Waals surface area contributed by atoms with Crippen LogP contribution in [0.3, 0.4) is 0 Å². The van der Waals surface area contributed by atoms with Gasteiger partial charge in [-0.2, -0.15) is 0 Å². The van der Waals surface area contributed by atoms with Crippen LogP contribution in [0.5, 0.6) is 0 Å². The maximum atomic E-state index is 12.1. The highest BCUT2D eigenvalue weighted by Gasteiger charge is 2.18. The Balaban J connectivity index is 1.91. The molecule has 0 spiro atoms. The Labute approximate surface area is 148 Å². The van der Waals surface area contributed by atoms with Gasteiger partial charge >= 0.3 is 0 Å². The van der Waals surface area contributed by atoms with Gasteiger partial charge in [0.1, 0.15) is 6.54 Å². The zero-order valence-electron chi connectivity index (χ0n) is 14.9. The van der Waals surface area contributed by atoms with Crippen molar-refractivity contribution in [2.45, 2.75) is 25.8 Å². The zero-order chi connectivity index (χ0) is 17.4. The fraction of sp³-hybridized carbons (Fsp3) is 0.647. The molecule has 0 radical (unpaired) electrons. The van der Waals surface area contributed by atoms with Gasteiger partial charge in [0.25, 0.3) is 0 Å². The maximum Gasteiger partial charge on any atom is 0.244 e. The van der Waals surface area contributed by atoms with Crippen molar-refractivity contribution < 1.29 is 4.79 Å². The predicted octanol–water partition coefficient (Wildman–Crippen LogP) is 1.53. The summed E-state index contributed by atoms with van der Waals surface area (Å²) < 4.78 is 0. The first-order valence-electron chi connectivity index (χ1n) is 8.61. The largest absolute Gasteiger partial charge is 0.357 e. The van der Waals surface area contributed by atoms with E-state index in [4.69, 9.17) is 0 Å². The lowest BCUT2D eigenvalue weighted by Gasteiger charge is -2.24. The minimum Gasteiger partial charge on any atom is -0.357 e. The van der Waals surface area contributed by atoms with Gasteiger partial charge in [-0.15, -0.1) is 11.3 Å². The SMILES string of the molecule is CCNC(=NCC(=O)N1CCCC1)NCC(c1cccs1)N(C)C. The normalized spacial score (nSPS) is 16.5. The second kappa shape index (κ2) is 9.64. The van der Waals surface area contributed by atoms with Gasteiger partial charge in [0.05, 0.1) is 6.04 Å². The van der Waals surface area contributed by atoms with Gasteiger partial charge in [-0.1, -0.05) is 6.07 Å². The van der Waals surface area contributed by atoms with Gasteiger partial charge in [0.2, 0.25) is 5.91 Å². The molecule has 7 heteroatoms. The predicted molar refractivity (Wildman–Crippen MR) is 101 cm³/mol. The maximum absolute atomic E-state index is 12.1. The lowest BCUT2D eigenvalue weighted by Crippen LogP contribution is -2.42. The molecule has 1 amide bonds. The smallest absolute Gasteiger partial charge is 0.244 e. The number of aliphatic imine (C=N–C) groups is 1. The first kappa shape index (κ1) is 18.7. The fourth-order valence-electron chi connectivity index (χ4n) is 2.77. The molecule has 2 rings (SSSR count). The van der Waals surface area contributed by atoms with Gasteiger partial charge in [-0.05, 0) is 45.3 Å². The highest BCUT2D eigenvalue weighted by atomic mass is 32.1. The molecular weight excluding hydrogens is 322 g/mol. The molecule has 1 saturated heterocycles. The summed E-state index contributed by atoms with van der Waals surface area (Å²) in [7, 11) is 4.15. The quantitative estimate of drug-likeness (QED) is 0.578. The Bertz CT molecular complexity index is 523. The van der Waals surface area contributed by atoms with Crippen LogP contribution in [0.1, 0.15) is 30.7 Å². The average Bonchev–Trinajstić information content (AvgIpc) is 3.25. The summed E-state index contributed by atoms with van der Waals surface area (Å²) in [5, 5.41) is 8.69. The molecule has 1 aliphatic rings. The third-order valence-corrected chi connectivity index (χ3v) is 5.11. The molecule has 0 bridgehead atoms. The molecule has 1 unspecified atom stereocenters. The number of nitrogens with zero attached hydrogens (tertiary/aromatic N) is 3. The third-order valence-electron chi connectivity index (χ3n) is 4.13. The van der Waals surface area contributed by atoms with Crippen LogP contribution in [0.2, 0.25) is 0 Å². The number of carbonyl (C=O) groups is 1. The van der Waals surface area contributed by atoms with Crippen LogP contribution in [0.15, 0.2) is 22.5 Å². The molecule has 24 heavy (non-hydrogen) atoms. The second-order valence-corrected chi connectivity index (χ2v) is 7.14. The van der Waals surface area contributed by atoms with Crippen molar-refractivity contribution in [2.24, 2.45) is 4.99 Å². The minimum atomic E-state index is 0.118. The second-order valence-electron chi connectivity index (χ2n) is 6.16. The van der Waals surface area contributed by atoms with E-state index in [-0.39, 0.29) is 18.5 Å². The van der Waals surface area contributed by atoms with Crippen LogP contribution >= 0.6 is 11.3 Å². The number of likely N-dealkylation sites (tertiary alicyclic amines) is 1. The number of amides is 1. The van der Waals surface area contributed by atoms with Crippen molar-refractivity contribution in [1.29, 1.82) is 0 Å². The van der Waals surface area contributed by atoms with Crippen molar-refractivity contribution in [2.75, 3.05) is 46.8 Å². The number of guanidine groups is 1. The van der Waals surface area contributed by atoms with E-state index in [9.17, 15) is 4.79 Å². The van der Waals surface area contributed by atoms with E-state index < -0.39 is 0 Å². The number of carbonyl (C=O) groups excluding carboxylic acids is 1. The molecule has 1 fully saturated rings. The minimum absolute atomic E-state index is 0.118. The number of hydrogen-bond acceptors (Lipinski definition) is 4. The Morgan fingerprint density at radius 2 is 2.12 bits per heavy atom. The zero-order valence-corrected chi connectivity index (χ0v) is 15.7. The Morgan fingerprint density at radius 3 is 2.71 bits per heavy atom. The fourth-order valence-corrected chi connectivity index (χ4v) is 3.69. The molecular formula is C17H29N5OS. The Morgan fingerprint density at radius 1 is 1.38 bits per heavy atom. The molecule has 0 saturated carbocycles.